The SMILES string of the molecule is CCOc1ccccc1OCCS(=O)C(C)C(=O)O. The molecule has 0 amide bonds. The fourth-order valence-corrected chi connectivity index (χ4v) is 2.19. The molecule has 0 bridgehead atoms. The van der Waals surface area contributed by atoms with E-state index in [1.807, 2.05) is 19.1 Å². The number of carbonyl (C=O) groups is 1. The first kappa shape index (κ1) is 15.5. The molecule has 1 aromatic rings. The van der Waals surface area contributed by atoms with Gasteiger partial charge in [-0.25, -0.2) is 0 Å². The molecular formula is C13H18O5S. The normalized spacial score (nSPS) is 13.6. The van der Waals surface area contributed by atoms with Crippen molar-refractivity contribution < 1.29 is 23.6 Å². The van der Waals surface area contributed by atoms with Crippen LogP contribution in [0.15, 0.2) is 24.3 Å². The summed E-state index contributed by atoms with van der Waals surface area (Å²) in [5, 5.41) is 7.85. The fourth-order valence-electron chi connectivity index (χ4n) is 1.37. The summed E-state index contributed by atoms with van der Waals surface area (Å²) in [6.45, 7) is 4.02. The van der Waals surface area contributed by atoms with Crippen molar-refractivity contribution in [3.05, 3.63) is 24.3 Å². The number of benzene rings is 1. The van der Waals surface area contributed by atoms with E-state index in [0.29, 0.717) is 18.1 Å². The van der Waals surface area contributed by atoms with Crippen molar-refractivity contribution in [1.82, 2.24) is 0 Å². The summed E-state index contributed by atoms with van der Waals surface area (Å²) in [5.41, 5.74) is 0. The highest BCUT2D eigenvalue weighted by atomic mass is 32.2. The van der Waals surface area contributed by atoms with Gasteiger partial charge in [0.15, 0.2) is 11.5 Å². The number of rotatable bonds is 8. The topological polar surface area (TPSA) is 72.8 Å². The van der Waals surface area contributed by atoms with E-state index >= 15 is 0 Å². The van der Waals surface area contributed by atoms with Gasteiger partial charge < -0.3 is 14.6 Å². The first-order valence-electron chi connectivity index (χ1n) is 6.00. The third kappa shape index (κ3) is 4.90. The van der Waals surface area contributed by atoms with Gasteiger partial charge in [-0.3, -0.25) is 9.00 Å². The van der Waals surface area contributed by atoms with Gasteiger partial charge in [-0.1, -0.05) is 12.1 Å². The number of para-hydroxylation sites is 2. The van der Waals surface area contributed by atoms with Crippen LogP contribution in [0, 0.1) is 0 Å². The summed E-state index contributed by atoms with van der Waals surface area (Å²) < 4.78 is 22.5. The lowest BCUT2D eigenvalue weighted by molar-refractivity contribution is -0.136. The van der Waals surface area contributed by atoms with Crippen LogP contribution in [-0.2, 0) is 15.6 Å². The molecule has 0 saturated carbocycles. The van der Waals surface area contributed by atoms with E-state index in [9.17, 15) is 9.00 Å². The number of carboxylic acid groups (broad SMARTS) is 1. The van der Waals surface area contributed by atoms with Gasteiger partial charge in [0.2, 0.25) is 0 Å². The van der Waals surface area contributed by atoms with E-state index in [0.717, 1.165) is 0 Å². The molecule has 2 unspecified atom stereocenters. The van der Waals surface area contributed by atoms with E-state index in [4.69, 9.17) is 14.6 Å². The number of aliphatic carboxylic acids is 1. The second-order valence-corrected chi connectivity index (χ2v) is 5.67. The van der Waals surface area contributed by atoms with Crippen LogP contribution in [0.3, 0.4) is 0 Å². The average Bonchev–Trinajstić information content (AvgIpc) is 2.39. The molecule has 6 heteroatoms. The molecule has 106 valence electrons. The number of hydrogen-bond acceptors (Lipinski definition) is 4. The highest BCUT2D eigenvalue weighted by molar-refractivity contribution is 7.86. The minimum Gasteiger partial charge on any atom is -0.490 e. The molecule has 2 atom stereocenters. The van der Waals surface area contributed by atoms with Crippen LogP contribution < -0.4 is 9.47 Å². The van der Waals surface area contributed by atoms with Gasteiger partial charge in [0.1, 0.15) is 5.25 Å². The maximum Gasteiger partial charge on any atom is 0.318 e. The van der Waals surface area contributed by atoms with Crippen LogP contribution in [0.1, 0.15) is 13.8 Å². The minimum atomic E-state index is -1.44. The van der Waals surface area contributed by atoms with Gasteiger partial charge in [0.25, 0.3) is 0 Å². The van der Waals surface area contributed by atoms with Crippen LogP contribution in [0.5, 0.6) is 11.5 Å². The summed E-state index contributed by atoms with van der Waals surface area (Å²) >= 11 is 0. The van der Waals surface area contributed by atoms with Crippen LogP contribution in [0.25, 0.3) is 0 Å². The van der Waals surface area contributed by atoms with Crippen molar-refractivity contribution in [3.63, 3.8) is 0 Å². The van der Waals surface area contributed by atoms with Gasteiger partial charge in [0.05, 0.1) is 19.0 Å². The smallest absolute Gasteiger partial charge is 0.318 e. The number of hydrogen-bond donors (Lipinski definition) is 1. The molecule has 0 aliphatic rings. The highest BCUT2D eigenvalue weighted by Gasteiger charge is 2.18. The first-order chi connectivity index (χ1) is 9.06. The lowest BCUT2D eigenvalue weighted by Gasteiger charge is -2.12. The second kappa shape index (κ2) is 7.78. The van der Waals surface area contributed by atoms with Crippen molar-refractivity contribution >= 4 is 16.8 Å². The summed E-state index contributed by atoms with van der Waals surface area (Å²) in [7, 11) is -1.44. The van der Waals surface area contributed by atoms with Gasteiger partial charge in [-0.15, -0.1) is 0 Å². The Balaban J connectivity index is 2.49. The van der Waals surface area contributed by atoms with Gasteiger partial charge >= 0.3 is 5.97 Å². The molecule has 0 aromatic heterocycles. The predicted octanol–water partition coefficient (Wildman–Crippen LogP) is 1.69. The highest BCUT2D eigenvalue weighted by Crippen LogP contribution is 2.26. The molecule has 0 fully saturated rings. The van der Waals surface area contributed by atoms with Crippen molar-refractivity contribution in [2.75, 3.05) is 19.0 Å². The van der Waals surface area contributed by atoms with Crippen molar-refractivity contribution in [2.45, 2.75) is 19.1 Å². The first-order valence-corrected chi connectivity index (χ1v) is 7.39. The molecule has 0 spiro atoms. The molecule has 5 nitrogen and oxygen atoms in total. The average molecular weight is 286 g/mol. The van der Waals surface area contributed by atoms with Crippen LogP contribution >= 0.6 is 0 Å². The second-order valence-electron chi connectivity index (χ2n) is 3.79. The van der Waals surface area contributed by atoms with Gasteiger partial charge in [-0.05, 0) is 26.0 Å². The Kier molecular flexibility index (Phi) is 6.35. The Morgan fingerprint density at radius 2 is 1.89 bits per heavy atom. The van der Waals surface area contributed by atoms with Crippen molar-refractivity contribution in [1.29, 1.82) is 0 Å². The molecule has 19 heavy (non-hydrogen) atoms. The van der Waals surface area contributed by atoms with E-state index in [2.05, 4.69) is 0 Å². The van der Waals surface area contributed by atoms with Crippen LogP contribution in [0.4, 0.5) is 0 Å². The standard InChI is InChI=1S/C13H18O5S/c1-3-17-11-6-4-5-7-12(11)18-8-9-19(16)10(2)13(14)15/h4-7,10H,3,8-9H2,1-2H3,(H,14,15). The number of carboxylic acids is 1. The van der Waals surface area contributed by atoms with Crippen LogP contribution in [0.2, 0.25) is 0 Å². The molecule has 1 N–H and O–H groups in total. The third-order valence-corrected chi connectivity index (χ3v) is 3.99. The fraction of sp³-hybridized carbons (Fsp3) is 0.462. The minimum absolute atomic E-state index is 0.175. The zero-order valence-electron chi connectivity index (χ0n) is 11.0. The largest absolute Gasteiger partial charge is 0.490 e. The lowest BCUT2D eigenvalue weighted by Crippen LogP contribution is -2.25. The Labute approximate surface area is 115 Å². The lowest BCUT2D eigenvalue weighted by atomic mass is 10.3. The van der Waals surface area contributed by atoms with Gasteiger partial charge in [0, 0.05) is 10.8 Å². The Morgan fingerprint density at radius 3 is 2.42 bits per heavy atom. The molecule has 1 rings (SSSR count). The summed E-state index contributed by atoms with van der Waals surface area (Å²) in [6, 6.07) is 7.20. The van der Waals surface area contributed by atoms with Gasteiger partial charge in [-0.2, -0.15) is 0 Å². The third-order valence-electron chi connectivity index (χ3n) is 2.43. The maximum absolute atomic E-state index is 11.6. The zero-order valence-corrected chi connectivity index (χ0v) is 11.8. The molecule has 0 aliphatic heterocycles. The molecule has 0 aliphatic carbocycles. The quantitative estimate of drug-likeness (QED) is 0.787. The maximum atomic E-state index is 11.6. The van der Waals surface area contributed by atoms with E-state index in [1.54, 1.807) is 12.1 Å². The Hall–Kier alpha value is -1.56. The zero-order chi connectivity index (χ0) is 14.3. The molecule has 0 heterocycles. The van der Waals surface area contributed by atoms with E-state index in [1.165, 1.54) is 6.92 Å². The van der Waals surface area contributed by atoms with Crippen molar-refractivity contribution in [3.8, 4) is 11.5 Å². The predicted molar refractivity (Wildman–Crippen MR) is 73.2 cm³/mol. The summed E-state index contributed by atoms with van der Waals surface area (Å²) in [6.07, 6.45) is 0. The van der Waals surface area contributed by atoms with Crippen molar-refractivity contribution in [2.24, 2.45) is 0 Å². The van der Waals surface area contributed by atoms with Crippen LogP contribution in [-0.4, -0.2) is 39.5 Å². The molecular weight excluding hydrogens is 268 g/mol. The Bertz CT molecular complexity index is 446. The monoisotopic (exact) mass is 286 g/mol. The van der Waals surface area contributed by atoms with E-state index in [-0.39, 0.29) is 12.4 Å². The number of ether oxygens (including phenoxy) is 2. The summed E-state index contributed by atoms with van der Waals surface area (Å²) in [5.74, 6) is 0.313. The molecule has 0 radical (unpaired) electrons. The Morgan fingerprint density at radius 1 is 1.32 bits per heavy atom. The van der Waals surface area contributed by atoms with E-state index < -0.39 is 22.0 Å². The molecule has 1 aromatic carbocycles. The summed E-state index contributed by atoms with van der Waals surface area (Å²) in [4.78, 5) is 10.7. The molecule has 0 saturated heterocycles.